The topological polar surface area (TPSA) is 78.4 Å². The molecular formula is C14H18Cl2N2O3. The second-order valence-electron chi connectivity index (χ2n) is 4.56. The molecule has 0 radical (unpaired) electrons. The number of rotatable bonds is 7. The molecule has 1 rings (SSSR count). The van der Waals surface area contributed by atoms with Gasteiger partial charge in [0.15, 0.2) is 0 Å². The van der Waals surface area contributed by atoms with Crippen LogP contribution in [0, 0.1) is 0 Å². The molecule has 0 spiro atoms. The molecule has 0 fully saturated rings. The van der Waals surface area contributed by atoms with Gasteiger partial charge in [0.1, 0.15) is 0 Å². The van der Waals surface area contributed by atoms with Gasteiger partial charge < -0.3 is 15.7 Å². The zero-order valence-electron chi connectivity index (χ0n) is 11.7. The van der Waals surface area contributed by atoms with Gasteiger partial charge in [-0.05, 0) is 18.6 Å². The molecule has 0 atom stereocenters. The summed E-state index contributed by atoms with van der Waals surface area (Å²) >= 11 is 11.7. The fourth-order valence-corrected chi connectivity index (χ4v) is 2.32. The molecule has 0 aromatic heterocycles. The molecule has 0 saturated heterocycles. The third-order valence-electron chi connectivity index (χ3n) is 2.84. The van der Waals surface area contributed by atoms with Crippen LogP contribution in [0.4, 0.5) is 10.5 Å². The first-order valence-corrected chi connectivity index (χ1v) is 7.48. The number of carbonyl (C=O) groups excluding carboxylic acids is 1. The van der Waals surface area contributed by atoms with Gasteiger partial charge in [-0.1, -0.05) is 49.4 Å². The number of anilines is 1. The summed E-state index contributed by atoms with van der Waals surface area (Å²) in [5, 5.41) is 14.5. The largest absolute Gasteiger partial charge is 0.478 e. The zero-order chi connectivity index (χ0) is 15.8. The number of hydrogen-bond acceptors (Lipinski definition) is 2. The number of benzene rings is 1. The SMILES string of the molecule is CCCCCCNC(=O)Nc1c(Cl)cc(Cl)cc1C(=O)O. The number of amides is 2. The number of carboxylic acid groups (broad SMARTS) is 1. The van der Waals surface area contributed by atoms with Crippen molar-refractivity contribution >= 4 is 40.9 Å². The summed E-state index contributed by atoms with van der Waals surface area (Å²) in [5.74, 6) is -1.21. The Kier molecular flexibility index (Phi) is 7.32. The first-order valence-electron chi connectivity index (χ1n) is 6.73. The van der Waals surface area contributed by atoms with Gasteiger partial charge in [-0.3, -0.25) is 0 Å². The van der Waals surface area contributed by atoms with E-state index in [1.54, 1.807) is 0 Å². The summed E-state index contributed by atoms with van der Waals surface area (Å²) in [6.07, 6.45) is 4.16. The van der Waals surface area contributed by atoms with E-state index in [4.69, 9.17) is 28.3 Å². The monoisotopic (exact) mass is 332 g/mol. The van der Waals surface area contributed by atoms with Gasteiger partial charge in [0.05, 0.1) is 16.3 Å². The van der Waals surface area contributed by atoms with Crippen LogP contribution in [0.2, 0.25) is 10.0 Å². The molecule has 2 amide bonds. The smallest absolute Gasteiger partial charge is 0.337 e. The Morgan fingerprint density at radius 1 is 1.19 bits per heavy atom. The molecule has 0 aliphatic rings. The quantitative estimate of drug-likeness (QED) is 0.647. The number of hydrogen-bond donors (Lipinski definition) is 3. The lowest BCUT2D eigenvalue weighted by Crippen LogP contribution is -2.30. The lowest BCUT2D eigenvalue weighted by Gasteiger charge is -2.12. The minimum Gasteiger partial charge on any atom is -0.478 e. The first-order chi connectivity index (χ1) is 9.95. The van der Waals surface area contributed by atoms with Crippen molar-refractivity contribution in [2.24, 2.45) is 0 Å². The van der Waals surface area contributed by atoms with Gasteiger partial charge in [0.2, 0.25) is 0 Å². The first kappa shape index (κ1) is 17.6. The molecule has 0 bridgehead atoms. The van der Waals surface area contributed by atoms with Crippen LogP contribution < -0.4 is 10.6 Å². The molecule has 1 aromatic rings. The minimum absolute atomic E-state index is 0.0413. The number of carboxylic acids is 1. The summed E-state index contributed by atoms with van der Waals surface area (Å²) in [6, 6.07) is 2.14. The van der Waals surface area contributed by atoms with Crippen molar-refractivity contribution in [2.45, 2.75) is 32.6 Å². The maximum Gasteiger partial charge on any atom is 0.337 e. The number of unbranched alkanes of at least 4 members (excludes halogenated alkanes) is 3. The van der Waals surface area contributed by atoms with Crippen molar-refractivity contribution in [1.82, 2.24) is 5.32 Å². The molecule has 0 unspecified atom stereocenters. The van der Waals surface area contributed by atoms with E-state index >= 15 is 0 Å². The van der Waals surface area contributed by atoms with E-state index in [2.05, 4.69) is 17.6 Å². The van der Waals surface area contributed by atoms with Crippen molar-refractivity contribution in [2.75, 3.05) is 11.9 Å². The number of aromatic carboxylic acids is 1. The van der Waals surface area contributed by atoms with Gasteiger partial charge >= 0.3 is 12.0 Å². The van der Waals surface area contributed by atoms with E-state index in [9.17, 15) is 9.59 Å². The van der Waals surface area contributed by atoms with Crippen LogP contribution >= 0.6 is 23.2 Å². The summed E-state index contributed by atoms with van der Waals surface area (Å²) in [5.41, 5.74) is -0.103. The van der Waals surface area contributed by atoms with Gasteiger partial charge in [-0.15, -0.1) is 0 Å². The Hall–Kier alpha value is -1.46. The van der Waals surface area contributed by atoms with E-state index in [1.807, 2.05) is 0 Å². The Balaban J connectivity index is 2.65. The average Bonchev–Trinajstić information content (AvgIpc) is 2.41. The van der Waals surface area contributed by atoms with Crippen LogP contribution in [0.1, 0.15) is 43.0 Å². The number of nitrogens with one attached hydrogen (secondary N) is 2. The van der Waals surface area contributed by atoms with Gasteiger partial charge in [-0.25, -0.2) is 9.59 Å². The molecule has 1 aromatic carbocycles. The van der Waals surface area contributed by atoms with E-state index in [0.717, 1.165) is 25.7 Å². The Morgan fingerprint density at radius 2 is 1.90 bits per heavy atom. The second-order valence-corrected chi connectivity index (χ2v) is 5.40. The molecular weight excluding hydrogens is 315 g/mol. The molecule has 21 heavy (non-hydrogen) atoms. The third-order valence-corrected chi connectivity index (χ3v) is 3.36. The molecule has 116 valence electrons. The van der Waals surface area contributed by atoms with Crippen LogP contribution in [-0.2, 0) is 0 Å². The Morgan fingerprint density at radius 3 is 2.52 bits per heavy atom. The number of halogens is 2. The normalized spacial score (nSPS) is 10.2. The highest BCUT2D eigenvalue weighted by Gasteiger charge is 2.17. The maximum absolute atomic E-state index is 11.8. The predicted molar refractivity (Wildman–Crippen MR) is 84.6 cm³/mol. The van der Waals surface area contributed by atoms with E-state index < -0.39 is 12.0 Å². The molecule has 0 aliphatic heterocycles. The molecule has 7 heteroatoms. The zero-order valence-corrected chi connectivity index (χ0v) is 13.2. The van der Waals surface area contributed by atoms with E-state index in [1.165, 1.54) is 12.1 Å². The average molecular weight is 333 g/mol. The van der Waals surface area contributed by atoms with Crippen LogP contribution in [0.25, 0.3) is 0 Å². The van der Waals surface area contributed by atoms with Crippen molar-refractivity contribution < 1.29 is 14.7 Å². The lowest BCUT2D eigenvalue weighted by molar-refractivity contribution is 0.0698. The number of urea groups is 1. The van der Waals surface area contributed by atoms with Crippen LogP contribution in [-0.4, -0.2) is 23.7 Å². The summed E-state index contributed by atoms with van der Waals surface area (Å²) in [7, 11) is 0. The van der Waals surface area contributed by atoms with Gasteiger partial charge in [0, 0.05) is 11.6 Å². The molecule has 5 nitrogen and oxygen atoms in total. The van der Waals surface area contributed by atoms with Crippen molar-refractivity contribution in [1.29, 1.82) is 0 Å². The predicted octanol–water partition coefficient (Wildman–Crippen LogP) is 4.39. The second kappa shape index (κ2) is 8.74. The standard InChI is InChI=1S/C14H18Cl2N2O3/c1-2-3-4-5-6-17-14(21)18-12-10(13(19)20)7-9(15)8-11(12)16/h7-8H,2-6H2,1H3,(H,19,20)(H2,17,18,21). The molecule has 0 aliphatic carbocycles. The summed E-state index contributed by atoms with van der Waals surface area (Å²) in [6.45, 7) is 2.63. The summed E-state index contributed by atoms with van der Waals surface area (Å²) < 4.78 is 0. The highest BCUT2D eigenvalue weighted by Crippen LogP contribution is 2.30. The van der Waals surface area contributed by atoms with Crippen LogP contribution in [0.15, 0.2) is 12.1 Å². The van der Waals surface area contributed by atoms with Gasteiger partial charge in [-0.2, -0.15) is 0 Å². The Labute approximate surface area is 133 Å². The van der Waals surface area contributed by atoms with Gasteiger partial charge in [0.25, 0.3) is 0 Å². The van der Waals surface area contributed by atoms with E-state index in [-0.39, 0.29) is 21.3 Å². The maximum atomic E-state index is 11.8. The molecule has 0 heterocycles. The van der Waals surface area contributed by atoms with Crippen molar-refractivity contribution in [3.63, 3.8) is 0 Å². The fraction of sp³-hybridized carbons (Fsp3) is 0.429. The molecule has 3 N–H and O–H groups in total. The minimum atomic E-state index is -1.21. The fourth-order valence-electron chi connectivity index (χ4n) is 1.78. The number of carbonyl (C=O) groups is 2. The summed E-state index contributed by atoms with van der Waals surface area (Å²) in [4.78, 5) is 22.9. The highest BCUT2D eigenvalue weighted by atomic mass is 35.5. The van der Waals surface area contributed by atoms with Crippen LogP contribution in [0.5, 0.6) is 0 Å². The lowest BCUT2D eigenvalue weighted by atomic mass is 10.2. The van der Waals surface area contributed by atoms with E-state index in [0.29, 0.717) is 6.54 Å². The van der Waals surface area contributed by atoms with Crippen molar-refractivity contribution in [3.05, 3.63) is 27.7 Å². The molecule has 0 saturated carbocycles. The third kappa shape index (κ3) is 5.81. The Bertz CT molecular complexity index is 521. The highest BCUT2D eigenvalue weighted by molar-refractivity contribution is 6.37. The van der Waals surface area contributed by atoms with Crippen molar-refractivity contribution in [3.8, 4) is 0 Å². The van der Waals surface area contributed by atoms with Crippen LogP contribution in [0.3, 0.4) is 0 Å².